The van der Waals surface area contributed by atoms with Gasteiger partial charge >= 0.3 is 0 Å². The molecular weight excluding hydrogens is 324 g/mol. The number of halogens is 2. The van der Waals surface area contributed by atoms with Crippen LogP contribution in [0.2, 0.25) is 0 Å². The fraction of sp³-hybridized carbons (Fsp3) is 0.400. The van der Waals surface area contributed by atoms with Crippen molar-refractivity contribution in [2.45, 2.75) is 30.7 Å². The molecule has 0 saturated carbocycles. The van der Waals surface area contributed by atoms with E-state index in [2.05, 4.69) is 5.10 Å². The molecule has 1 fully saturated rings. The van der Waals surface area contributed by atoms with Gasteiger partial charge in [0.25, 0.3) is 0 Å². The number of hydrogen-bond acceptors (Lipinski definition) is 3. The highest BCUT2D eigenvalue weighted by molar-refractivity contribution is 7.89. The van der Waals surface area contributed by atoms with Crippen LogP contribution >= 0.6 is 0 Å². The van der Waals surface area contributed by atoms with Gasteiger partial charge in [-0.3, -0.25) is 4.68 Å². The van der Waals surface area contributed by atoms with E-state index in [1.54, 1.807) is 6.20 Å². The van der Waals surface area contributed by atoms with Crippen LogP contribution in [0.3, 0.4) is 0 Å². The minimum atomic E-state index is -4.03. The van der Waals surface area contributed by atoms with Crippen molar-refractivity contribution in [3.63, 3.8) is 0 Å². The maximum absolute atomic E-state index is 13.8. The molecule has 124 valence electrons. The summed E-state index contributed by atoms with van der Waals surface area (Å²) in [4.78, 5) is -0.606. The van der Waals surface area contributed by atoms with Gasteiger partial charge in [0, 0.05) is 19.3 Å². The lowest BCUT2D eigenvalue weighted by molar-refractivity contribution is 0.260. The van der Waals surface area contributed by atoms with Crippen molar-refractivity contribution in [1.82, 2.24) is 14.1 Å². The fourth-order valence-electron chi connectivity index (χ4n) is 2.79. The van der Waals surface area contributed by atoms with E-state index in [4.69, 9.17) is 0 Å². The van der Waals surface area contributed by atoms with Crippen molar-refractivity contribution >= 4 is 10.0 Å². The van der Waals surface area contributed by atoms with E-state index < -0.39 is 26.6 Å². The van der Waals surface area contributed by atoms with E-state index in [1.165, 1.54) is 4.31 Å². The zero-order valence-corrected chi connectivity index (χ0v) is 13.4. The average Bonchev–Trinajstić information content (AvgIpc) is 2.96. The highest BCUT2D eigenvalue weighted by atomic mass is 32.2. The summed E-state index contributed by atoms with van der Waals surface area (Å²) >= 11 is 0. The van der Waals surface area contributed by atoms with E-state index in [1.807, 2.05) is 17.8 Å². The van der Waals surface area contributed by atoms with Gasteiger partial charge in [-0.25, -0.2) is 17.2 Å². The smallest absolute Gasteiger partial charge is 0.246 e. The van der Waals surface area contributed by atoms with E-state index >= 15 is 0 Å². The van der Waals surface area contributed by atoms with Crippen LogP contribution in [0.4, 0.5) is 8.78 Å². The van der Waals surface area contributed by atoms with E-state index in [-0.39, 0.29) is 19.1 Å². The third-order valence-corrected chi connectivity index (χ3v) is 5.95. The first kappa shape index (κ1) is 16.1. The van der Waals surface area contributed by atoms with E-state index in [0.29, 0.717) is 12.8 Å². The zero-order chi connectivity index (χ0) is 16.6. The Kier molecular flexibility index (Phi) is 4.20. The normalized spacial score (nSPS) is 17.5. The molecule has 3 rings (SSSR count). The highest BCUT2D eigenvalue weighted by Gasteiger charge is 2.32. The van der Waals surface area contributed by atoms with Crippen LogP contribution in [0, 0.1) is 18.6 Å². The van der Waals surface area contributed by atoms with Gasteiger partial charge in [-0.15, -0.1) is 0 Å². The lowest BCUT2D eigenvalue weighted by atomic mass is 10.1. The third-order valence-electron chi connectivity index (χ3n) is 4.04. The third kappa shape index (κ3) is 3.13. The van der Waals surface area contributed by atoms with Gasteiger partial charge in [-0.1, -0.05) is 0 Å². The molecule has 0 radical (unpaired) electrons. The van der Waals surface area contributed by atoms with E-state index in [0.717, 1.165) is 23.8 Å². The minimum absolute atomic E-state index is 0.118. The molecule has 1 aromatic heterocycles. The van der Waals surface area contributed by atoms with Crippen LogP contribution in [0.15, 0.2) is 35.5 Å². The van der Waals surface area contributed by atoms with Crippen molar-refractivity contribution < 1.29 is 17.2 Å². The van der Waals surface area contributed by atoms with Crippen molar-refractivity contribution in [3.05, 3.63) is 47.8 Å². The van der Waals surface area contributed by atoms with Crippen molar-refractivity contribution in [1.29, 1.82) is 0 Å². The monoisotopic (exact) mass is 341 g/mol. The summed E-state index contributed by atoms with van der Waals surface area (Å²) in [5.74, 6) is -1.71. The van der Waals surface area contributed by atoms with Crippen LogP contribution in [0.25, 0.3) is 0 Å². The maximum Gasteiger partial charge on any atom is 0.246 e. The second-order valence-electron chi connectivity index (χ2n) is 5.71. The molecule has 1 aromatic carbocycles. The number of aryl methyl sites for hydroxylation is 1. The molecule has 2 heterocycles. The molecule has 1 aliphatic rings. The van der Waals surface area contributed by atoms with Crippen molar-refractivity contribution in [2.24, 2.45) is 0 Å². The second-order valence-corrected chi connectivity index (χ2v) is 7.61. The van der Waals surface area contributed by atoms with Crippen LogP contribution in [-0.4, -0.2) is 35.6 Å². The summed E-state index contributed by atoms with van der Waals surface area (Å²) in [5, 5.41) is 4.25. The van der Waals surface area contributed by atoms with E-state index in [9.17, 15) is 17.2 Å². The molecular formula is C15H17F2N3O2S. The van der Waals surface area contributed by atoms with Crippen LogP contribution in [0.1, 0.15) is 24.4 Å². The number of piperidine rings is 1. The highest BCUT2D eigenvalue weighted by Crippen LogP contribution is 2.28. The van der Waals surface area contributed by atoms with Gasteiger partial charge in [0.2, 0.25) is 10.0 Å². The van der Waals surface area contributed by atoms with Gasteiger partial charge in [0.15, 0.2) is 0 Å². The Bertz CT molecular complexity index is 812. The molecule has 0 N–H and O–H groups in total. The number of benzene rings is 1. The van der Waals surface area contributed by atoms with Crippen LogP contribution in [0.5, 0.6) is 0 Å². The molecule has 0 bridgehead atoms. The van der Waals surface area contributed by atoms with Gasteiger partial charge in [0.05, 0.1) is 12.2 Å². The Balaban J connectivity index is 1.77. The average molecular weight is 341 g/mol. The Hall–Kier alpha value is -1.80. The summed E-state index contributed by atoms with van der Waals surface area (Å²) in [6, 6.07) is 2.59. The number of aromatic nitrogens is 2. The standard InChI is InChI=1S/C15H17F2N3O2S/c1-11-9-18-20(10-11)13-4-6-19(7-5-13)23(21,22)15-8-12(16)2-3-14(15)17/h2-3,8-10,13H,4-7H2,1H3. The number of nitrogens with zero attached hydrogens (tertiary/aromatic N) is 3. The van der Waals surface area contributed by atoms with Crippen LogP contribution < -0.4 is 0 Å². The first-order valence-electron chi connectivity index (χ1n) is 7.34. The fourth-order valence-corrected chi connectivity index (χ4v) is 4.34. The Morgan fingerprint density at radius 2 is 1.91 bits per heavy atom. The van der Waals surface area contributed by atoms with Gasteiger partial charge < -0.3 is 0 Å². The first-order valence-corrected chi connectivity index (χ1v) is 8.78. The number of sulfonamides is 1. The summed E-state index contributed by atoms with van der Waals surface area (Å²) in [6.45, 7) is 2.44. The molecule has 0 unspecified atom stereocenters. The topological polar surface area (TPSA) is 55.2 Å². The van der Waals surface area contributed by atoms with Crippen molar-refractivity contribution in [3.8, 4) is 0 Å². The molecule has 5 nitrogen and oxygen atoms in total. The summed E-state index contributed by atoms with van der Waals surface area (Å²) in [6.07, 6.45) is 4.83. The number of rotatable bonds is 3. The Morgan fingerprint density at radius 1 is 1.22 bits per heavy atom. The predicted molar refractivity (Wildman–Crippen MR) is 80.4 cm³/mol. The predicted octanol–water partition coefficient (Wildman–Crippen LogP) is 2.50. The zero-order valence-electron chi connectivity index (χ0n) is 12.6. The molecule has 0 spiro atoms. The van der Waals surface area contributed by atoms with Crippen molar-refractivity contribution in [2.75, 3.05) is 13.1 Å². The number of hydrogen-bond donors (Lipinski definition) is 0. The molecule has 0 atom stereocenters. The molecule has 8 heteroatoms. The molecule has 1 saturated heterocycles. The lowest BCUT2D eigenvalue weighted by Gasteiger charge is -2.31. The summed E-state index contributed by atoms with van der Waals surface area (Å²) < 4.78 is 55.1. The van der Waals surface area contributed by atoms with Gasteiger partial charge in [0.1, 0.15) is 16.5 Å². The van der Waals surface area contributed by atoms with Crippen LogP contribution in [-0.2, 0) is 10.0 Å². The molecule has 1 aliphatic heterocycles. The first-order chi connectivity index (χ1) is 10.9. The Labute approximate surface area is 133 Å². The molecule has 2 aromatic rings. The molecule has 0 aliphatic carbocycles. The van der Waals surface area contributed by atoms with Gasteiger partial charge in [-0.05, 0) is 43.5 Å². The minimum Gasteiger partial charge on any atom is -0.269 e. The maximum atomic E-state index is 13.8. The molecule has 23 heavy (non-hydrogen) atoms. The quantitative estimate of drug-likeness (QED) is 0.862. The molecule has 0 amide bonds. The summed E-state index contributed by atoms with van der Waals surface area (Å²) in [7, 11) is -4.03. The second kappa shape index (κ2) is 6.01. The summed E-state index contributed by atoms with van der Waals surface area (Å²) in [5.41, 5.74) is 1.04. The van der Waals surface area contributed by atoms with Gasteiger partial charge in [-0.2, -0.15) is 9.40 Å². The lowest BCUT2D eigenvalue weighted by Crippen LogP contribution is -2.39. The Morgan fingerprint density at radius 3 is 2.52 bits per heavy atom. The largest absolute Gasteiger partial charge is 0.269 e. The SMILES string of the molecule is Cc1cnn(C2CCN(S(=O)(=O)c3cc(F)ccc3F)CC2)c1.